The van der Waals surface area contributed by atoms with Gasteiger partial charge in [-0.05, 0) is 110 Å². The fraction of sp³-hybridized carbons (Fsp3) is 0.970. The fourth-order valence-corrected chi connectivity index (χ4v) is 11.1. The van der Waals surface area contributed by atoms with Crippen LogP contribution >= 0.6 is 0 Å². The zero-order valence-corrected chi connectivity index (χ0v) is 25.0. The van der Waals surface area contributed by atoms with Crippen LogP contribution in [0, 0.1) is 58.2 Å². The minimum Gasteiger partial charge on any atom is -0.461 e. The molecule has 14 atom stereocenters. The number of carbonyl (C=O) groups is 1. The van der Waals surface area contributed by atoms with Gasteiger partial charge in [-0.15, -0.1) is 0 Å². The first-order valence-electron chi connectivity index (χ1n) is 16.3. The van der Waals surface area contributed by atoms with E-state index in [4.69, 9.17) is 19.9 Å². The van der Waals surface area contributed by atoms with Gasteiger partial charge in [0.2, 0.25) is 0 Å². The van der Waals surface area contributed by atoms with Gasteiger partial charge in [-0.1, -0.05) is 48.0 Å². The number of ether oxygens (including phenoxy) is 3. The van der Waals surface area contributed by atoms with Gasteiger partial charge in [-0.2, -0.15) is 0 Å². The number of esters is 1. The molecule has 6 fully saturated rings. The van der Waals surface area contributed by atoms with Crippen molar-refractivity contribution in [1.29, 1.82) is 0 Å². The first-order valence-corrected chi connectivity index (χ1v) is 16.3. The van der Waals surface area contributed by atoms with Gasteiger partial charge in [0.25, 0.3) is 0 Å². The molecule has 5 heteroatoms. The van der Waals surface area contributed by atoms with Crippen LogP contribution in [0.1, 0.15) is 112 Å². The minimum absolute atomic E-state index is 0.0515. The van der Waals surface area contributed by atoms with Crippen molar-refractivity contribution in [2.24, 2.45) is 63.9 Å². The van der Waals surface area contributed by atoms with E-state index < -0.39 is 6.04 Å². The van der Waals surface area contributed by atoms with E-state index in [2.05, 4.69) is 34.6 Å². The molecular formula is C33H55NO4. The third-order valence-corrected chi connectivity index (χ3v) is 13.7. The molecule has 4 aliphatic carbocycles. The van der Waals surface area contributed by atoms with Crippen molar-refractivity contribution in [1.82, 2.24) is 0 Å². The number of fused-ring (bicyclic) bond motifs is 7. The Hall–Kier alpha value is -0.650. The van der Waals surface area contributed by atoms with Crippen LogP contribution in [0.25, 0.3) is 0 Å². The zero-order valence-electron chi connectivity index (χ0n) is 25.0. The molecule has 0 radical (unpaired) electrons. The van der Waals surface area contributed by atoms with Gasteiger partial charge < -0.3 is 19.9 Å². The highest BCUT2D eigenvalue weighted by Crippen LogP contribution is 2.71. The van der Waals surface area contributed by atoms with Gasteiger partial charge >= 0.3 is 5.97 Å². The van der Waals surface area contributed by atoms with Crippen molar-refractivity contribution in [2.75, 3.05) is 6.61 Å². The lowest BCUT2D eigenvalue weighted by Gasteiger charge is -2.61. The normalized spacial score (nSPS) is 53.4. The maximum absolute atomic E-state index is 12.7. The van der Waals surface area contributed by atoms with Crippen LogP contribution in [-0.4, -0.2) is 36.6 Å². The molecule has 0 amide bonds. The van der Waals surface area contributed by atoms with E-state index in [-0.39, 0.29) is 23.8 Å². The lowest BCUT2D eigenvalue weighted by molar-refractivity contribution is -0.273. The summed E-state index contributed by atoms with van der Waals surface area (Å²) in [6, 6.07) is -0.493. The number of hydrogen-bond acceptors (Lipinski definition) is 5. The first kappa shape index (κ1) is 27.5. The summed E-state index contributed by atoms with van der Waals surface area (Å²) in [5.41, 5.74) is 6.96. The molecule has 0 bridgehead atoms. The monoisotopic (exact) mass is 529 g/mol. The van der Waals surface area contributed by atoms with E-state index >= 15 is 0 Å². The standard InChI is InChI=1S/C33H55NO4/c1-7-20(3)29(34)30(35)37-23-11-13-31(5)22(16-23)8-9-24-25(31)12-14-32(6)26(24)17-27-28(32)21(4)33(38-27)15-10-19(2)18-36-33/h19-29H,7-18,34H2,1-6H3/t19-,20+,21+,22-,23-,24?,25?,26?,27+,28+,29+,31+,32+,33-/m1/s1. The molecular weight excluding hydrogens is 474 g/mol. The van der Waals surface area contributed by atoms with Gasteiger partial charge in [0, 0.05) is 12.3 Å². The van der Waals surface area contributed by atoms with Crippen LogP contribution in [0.15, 0.2) is 0 Å². The van der Waals surface area contributed by atoms with Crippen molar-refractivity contribution in [3.63, 3.8) is 0 Å². The lowest BCUT2D eigenvalue weighted by Crippen LogP contribution is -2.55. The van der Waals surface area contributed by atoms with E-state index in [9.17, 15) is 4.79 Å². The molecule has 216 valence electrons. The van der Waals surface area contributed by atoms with Crippen molar-refractivity contribution < 1.29 is 19.0 Å². The summed E-state index contributed by atoms with van der Waals surface area (Å²) in [4.78, 5) is 12.7. The minimum atomic E-state index is -0.493. The molecule has 6 aliphatic rings. The highest BCUT2D eigenvalue weighted by molar-refractivity contribution is 5.76. The molecule has 1 spiro atoms. The molecule has 0 aromatic carbocycles. The predicted octanol–water partition coefficient (Wildman–Crippen LogP) is 6.72. The summed E-state index contributed by atoms with van der Waals surface area (Å²) >= 11 is 0. The zero-order chi connectivity index (χ0) is 27.0. The van der Waals surface area contributed by atoms with Crippen LogP contribution < -0.4 is 5.73 Å². The smallest absolute Gasteiger partial charge is 0.323 e. The number of carbonyl (C=O) groups excluding carboxylic acids is 1. The Balaban J connectivity index is 1.13. The van der Waals surface area contributed by atoms with Gasteiger partial charge in [0.05, 0.1) is 12.7 Å². The van der Waals surface area contributed by atoms with Crippen LogP contribution in [0.3, 0.4) is 0 Å². The largest absolute Gasteiger partial charge is 0.461 e. The number of nitrogens with two attached hydrogens (primary N) is 1. The molecule has 2 aliphatic heterocycles. The third-order valence-electron chi connectivity index (χ3n) is 13.7. The molecule has 6 rings (SSSR count). The van der Waals surface area contributed by atoms with Crippen molar-refractivity contribution >= 4 is 5.97 Å². The van der Waals surface area contributed by atoms with E-state index in [1.165, 1.54) is 44.9 Å². The molecule has 0 aromatic rings. The van der Waals surface area contributed by atoms with Gasteiger partial charge in [0.1, 0.15) is 12.1 Å². The Labute approximate surface area is 231 Å². The van der Waals surface area contributed by atoms with Gasteiger partial charge in [0.15, 0.2) is 5.79 Å². The maximum Gasteiger partial charge on any atom is 0.323 e. The second-order valence-electron chi connectivity index (χ2n) is 15.4. The molecule has 4 saturated carbocycles. The van der Waals surface area contributed by atoms with Crippen molar-refractivity contribution in [2.45, 2.75) is 136 Å². The van der Waals surface area contributed by atoms with E-state index in [0.29, 0.717) is 40.6 Å². The Morgan fingerprint density at radius 1 is 1.00 bits per heavy atom. The van der Waals surface area contributed by atoms with Crippen LogP contribution in [0.2, 0.25) is 0 Å². The summed E-state index contributed by atoms with van der Waals surface area (Å²) in [6.07, 6.45) is 13.4. The summed E-state index contributed by atoms with van der Waals surface area (Å²) < 4.78 is 19.5. The van der Waals surface area contributed by atoms with Gasteiger partial charge in [-0.25, -0.2) is 0 Å². The van der Waals surface area contributed by atoms with E-state index in [1.54, 1.807) is 0 Å². The average molecular weight is 530 g/mol. The molecule has 2 N–H and O–H groups in total. The van der Waals surface area contributed by atoms with Crippen LogP contribution in [-0.2, 0) is 19.0 Å². The molecule has 3 unspecified atom stereocenters. The fourth-order valence-electron chi connectivity index (χ4n) is 11.1. The lowest BCUT2D eigenvalue weighted by atomic mass is 9.44. The average Bonchev–Trinajstić information content (AvgIpc) is 3.35. The molecule has 5 nitrogen and oxygen atoms in total. The SMILES string of the molecule is CC[C@H](C)[C@H](N)C(=O)O[C@@H]1CC[C@]2(C)C3CC[C@@]4(C)C(C[C@@H]5O[C@]6(CC[C@@H](C)CO6)[C@@H](C)[C@@H]54)C3CC[C@@H]2C1. The molecule has 38 heavy (non-hydrogen) atoms. The summed E-state index contributed by atoms with van der Waals surface area (Å²) in [5.74, 6) is 4.51. The highest BCUT2D eigenvalue weighted by Gasteiger charge is 2.69. The maximum atomic E-state index is 12.7. The Morgan fingerprint density at radius 3 is 2.47 bits per heavy atom. The van der Waals surface area contributed by atoms with Crippen LogP contribution in [0.4, 0.5) is 0 Å². The highest BCUT2D eigenvalue weighted by atomic mass is 16.7. The molecule has 2 heterocycles. The van der Waals surface area contributed by atoms with Crippen molar-refractivity contribution in [3.8, 4) is 0 Å². The Kier molecular flexibility index (Phi) is 7.04. The topological polar surface area (TPSA) is 70.8 Å². The van der Waals surface area contributed by atoms with E-state index in [0.717, 1.165) is 50.0 Å². The summed E-state index contributed by atoms with van der Waals surface area (Å²) in [5, 5.41) is 0. The molecule has 2 saturated heterocycles. The Morgan fingerprint density at radius 2 is 1.76 bits per heavy atom. The second kappa shape index (κ2) is 9.72. The summed E-state index contributed by atoms with van der Waals surface area (Å²) in [7, 11) is 0. The number of hydrogen-bond donors (Lipinski definition) is 1. The summed E-state index contributed by atoms with van der Waals surface area (Å²) in [6.45, 7) is 15.0. The number of rotatable bonds is 4. The molecule has 0 aromatic heterocycles. The quantitative estimate of drug-likeness (QED) is 0.410. The van der Waals surface area contributed by atoms with E-state index in [1.807, 2.05) is 6.92 Å². The Bertz CT molecular complexity index is 899. The third kappa shape index (κ3) is 4.06. The second-order valence-corrected chi connectivity index (χ2v) is 15.4. The first-order chi connectivity index (χ1) is 18.0. The van der Waals surface area contributed by atoms with Gasteiger partial charge in [-0.3, -0.25) is 4.79 Å². The van der Waals surface area contributed by atoms with Crippen LogP contribution in [0.5, 0.6) is 0 Å². The predicted molar refractivity (Wildman–Crippen MR) is 149 cm³/mol. The van der Waals surface area contributed by atoms with Crippen molar-refractivity contribution in [3.05, 3.63) is 0 Å².